The Kier molecular flexibility index (Phi) is 7.10. The van der Waals surface area contributed by atoms with Crippen LogP contribution in [-0.4, -0.2) is 15.9 Å². The molecule has 33 heavy (non-hydrogen) atoms. The molecule has 4 rings (SSSR count). The Morgan fingerprint density at radius 3 is 2.42 bits per heavy atom. The van der Waals surface area contributed by atoms with Crippen LogP contribution < -0.4 is 10.6 Å². The van der Waals surface area contributed by atoms with Crippen molar-refractivity contribution in [2.45, 2.75) is 33.1 Å². The maximum Gasteiger partial charge on any atom is 0.255 e. The average Bonchev–Trinajstić information content (AvgIpc) is 2.84. The van der Waals surface area contributed by atoms with Crippen molar-refractivity contribution in [3.05, 3.63) is 102 Å². The maximum absolute atomic E-state index is 12.8. The number of hydrogen-bond donors (Lipinski definition) is 2. The maximum atomic E-state index is 12.8. The van der Waals surface area contributed by atoms with Gasteiger partial charge < -0.3 is 10.6 Å². The standard InChI is InChI=1S/C28H28N4O/c1-3-4-6-21-11-15-24(16-12-21)32-28(33)23-7-5-8-25(17-23)31-27-18-26(29-19-30-27)22-13-9-20(2)10-14-22/h5,7-19H,3-4,6H2,1-2H3,(H,32,33)(H,29,30,31). The zero-order chi connectivity index (χ0) is 23.0. The number of hydrogen-bond acceptors (Lipinski definition) is 4. The second-order valence-electron chi connectivity index (χ2n) is 8.11. The van der Waals surface area contributed by atoms with Gasteiger partial charge in [0.05, 0.1) is 5.69 Å². The summed E-state index contributed by atoms with van der Waals surface area (Å²) in [7, 11) is 0. The van der Waals surface area contributed by atoms with E-state index in [9.17, 15) is 4.79 Å². The molecule has 0 atom stereocenters. The highest BCUT2D eigenvalue weighted by atomic mass is 16.1. The molecular formula is C28H28N4O. The summed E-state index contributed by atoms with van der Waals surface area (Å²) in [6.07, 6.45) is 4.95. The highest BCUT2D eigenvalue weighted by Gasteiger charge is 2.08. The molecule has 0 bridgehead atoms. The van der Waals surface area contributed by atoms with Gasteiger partial charge in [-0.2, -0.15) is 0 Å². The third-order valence-corrected chi connectivity index (χ3v) is 5.44. The van der Waals surface area contributed by atoms with Gasteiger partial charge in [0.25, 0.3) is 5.91 Å². The summed E-state index contributed by atoms with van der Waals surface area (Å²) in [5, 5.41) is 6.26. The molecule has 166 valence electrons. The Labute approximate surface area is 194 Å². The third kappa shape index (κ3) is 6.04. The molecule has 4 aromatic rings. The van der Waals surface area contributed by atoms with Gasteiger partial charge in [0.2, 0.25) is 0 Å². The van der Waals surface area contributed by atoms with Gasteiger partial charge in [-0.25, -0.2) is 9.97 Å². The number of benzene rings is 3. The van der Waals surface area contributed by atoms with Crippen LogP contribution in [0.2, 0.25) is 0 Å². The van der Waals surface area contributed by atoms with Gasteiger partial charge in [0.1, 0.15) is 12.1 Å². The number of nitrogens with one attached hydrogen (secondary N) is 2. The molecule has 0 spiro atoms. The molecule has 0 radical (unpaired) electrons. The summed E-state index contributed by atoms with van der Waals surface area (Å²) in [5.41, 5.74) is 6.50. The predicted molar refractivity (Wildman–Crippen MR) is 135 cm³/mol. The molecular weight excluding hydrogens is 408 g/mol. The second-order valence-corrected chi connectivity index (χ2v) is 8.11. The molecule has 2 N–H and O–H groups in total. The van der Waals surface area contributed by atoms with Gasteiger partial charge in [-0.3, -0.25) is 4.79 Å². The van der Waals surface area contributed by atoms with Crippen LogP contribution in [0, 0.1) is 6.92 Å². The molecule has 5 heteroatoms. The molecule has 0 aliphatic rings. The van der Waals surface area contributed by atoms with E-state index >= 15 is 0 Å². The molecule has 5 nitrogen and oxygen atoms in total. The van der Waals surface area contributed by atoms with Crippen molar-refractivity contribution in [3.8, 4) is 11.3 Å². The quantitative estimate of drug-likeness (QED) is 0.319. The number of unbranched alkanes of at least 4 members (excludes halogenated alkanes) is 1. The summed E-state index contributed by atoms with van der Waals surface area (Å²) in [4.78, 5) is 21.5. The van der Waals surface area contributed by atoms with E-state index in [4.69, 9.17) is 0 Å². The van der Waals surface area contributed by atoms with Crippen LogP contribution in [0.25, 0.3) is 11.3 Å². The average molecular weight is 437 g/mol. The lowest BCUT2D eigenvalue weighted by Gasteiger charge is -2.10. The number of carbonyl (C=O) groups excluding carboxylic acids is 1. The molecule has 0 fully saturated rings. The van der Waals surface area contributed by atoms with Crippen molar-refractivity contribution in [3.63, 3.8) is 0 Å². The van der Waals surface area contributed by atoms with E-state index in [1.165, 1.54) is 30.3 Å². The fourth-order valence-corrected chi connectivity index (χ4v) is 3.53. The minimum Gasteiger partial charge on any atom is -0.340 e. The first-order chi connectivity index (χ1) is 16.1. The summed E-state index contributed by atoms with van der Waals surface area (Å²) in [6.45, 7) is 4.24. The van der Waals surface area contributed by atoms with E-state index in [1.807, 2.05) is 48.5 Å². The molecule has 1 amide bonds. The fourth-order valence-electron chi connectivity index (χ4n) is 3.53. The molecule has 0 aliphatic carbocycles. The Bertz CT molecular complexity index is 1220. The highest BCUT2D eigenvalue weighted by Crippen LogP contribution is 2.22. The molecule has 1 aromatic heterocycles. The van der Waals surface area contributed by atoms with Crippen molar-refractivity contribution in [2.24, 2.45) is 0 Å². The van der Waals surface area contributed by atoms with Gasteiger partial charge in [0, 0.05) is 28.6 Å². The minimum atomic E-state index is -0.150. The largest absolute Gasteiger partial charge is 0.340 e. The number of amides is 1. The second kappa shape index (κ2) is 10.6. The minimum absolute atomic E-state index is 0.150. The Morgan fingerprint density at radius 1 is 0.879 bits per heavy atom. The lowest BCUT2D eigenvalue weighted by Crippen LogP contribution is -2.12. The van der Waals surface area contributed by atoms with Crippen molar-refractivity contribution in [1.29, 1.82) is 0 Å². The van der Waals surface area contributed by atoms with Crippen LogP contribution in [0.15, 0.2) is 85.2 Å². The van der Waals surface area contributed by atoms with Crippen LogP contribution in [0.1, 0.15) is 41.3 Å². The number of aryl methyl sites for hydroxylation is 2. The topological polar surface area (TPSA) is 66.9 Å². The number of aromatic nitrogens is 2. The van der Waals surface area contributed by atoms with E-state index < -0.39 is 0 Å². The first kappa shape index (κ1) is 22.2. The Balaban J connectivity index is 1.44. The van der Waals surface area contributed by atoms with Crippen molar-refractivity contribution in [1.82, 2.24) is 9.97 Å². The van der Waals surface area contributed by atoms with Crippen LogP contribution in [0.5, 0.6) is 0 Å². The van der Waals surface area contributed by atoms with E-state index in [-0.39, 0.29) is 5.91 Å². The molecule has 0 saturated heterocycles. The SMILES string of the molecule is CCCCc1ccc(NC(=O)c2cccc(Nc3cc(-c4ccc(C)cc4)ncn3)c2)cc1. The Hall–Kier alpha value is -3.99. The van der Waals surface area contributed by atoms with Gasteiger partial charge >= 0.3 is 0 Å². The third-order valence-electron chi connectivity index (χ3n) is 5.44. The van der Waals surface area contributed by atoms with Crippen molar-refractivity contribution >= 4 is 23.1 Å². The number of anilines is 3. The number of carbonyl (C=O) groups is 1. The Morgan fingerprint density at radius 2 is 1.67 bits per heavy atom. The lowest BCUT2D eigenvalue weighted by molar-refractivity contribution is 0.102. The fraction of sp³-hybridized carbons (Fsp3) is 0.179. The van der Waals surface area contributed by atoms with E-state index in [0.29, 0.717) is 11.4 Å². The smallest absolute Gasteiger partial charge is 0.255 e. The van der Waals surface area contributed by atoms with Gasteiger partial charge in [-0.15, -0.1) is 0 Å². The van der Waals surface area contributed by atoms with Crippen LogP contribution in [0.4, 0.5) is 17.2 Å². The summed E-state index contributed by atoms with van der Waals surface area (Å²) in [5.74, 6) is 0.517. The molecule has 0 saturated carbocycles. The highest BCUT2D eigenvalue weighted by molar-refractivity contribution is 6.04. The predicted octanol–water partition coefficient (Wildman–Crippen LogP) is 6.79. The normalized spacial score (nSPS) is 10.6. The molecule has 1 heterocycles. The van der Waals surface area contributed by atoms with E-state index in [1.54, 1.807) is 6.07 Å². The summed E-state index contributed by atoms with van der Waals surface area (Å²) < 4.78 is 0. The van der Waals surface area contributed by atoms with E-state index in [2.05, 4.69) is 58.7 Å². The zero-order valence-corrected chi connectivity index (χ0v) is 19.0. The van der Waals surface area contributed by atoms with Crippen molar-refractivity contribution in [2.75, 3.05) is 10.6 Å². The van der Waals surface area contributed by atoms with Crippen LogP contribution in [-0.2, 0) is 6.42 Å². The lowest BCUT2D eigenvalue weighted by atomic mass is 10.1. The molecule has 0 unspecified atom stereocenters. The first-order valence-corrected chi connectivity index (χ1v) is 11.3. The van der Waals surface area contributed by atoms with Crippen LogP contribution in [0.3, 0.4) is 0 Å². The van der Waals surface area contributed by atoms with Gasteiger partial charge in [-0.05, 0) is 55.7 Å². The molecule has 0 aliphatic heterocycles. The first-order valence-electron chi connectivity index (χ1n) is 11.3. The number of rotatable bonds is 8. The van der Waals surface area contributed by atoms with Gasteiger partial charge in [0.15, 0.2) is 0 Å². The summed E-state index contributed by atoms with van der Waals surface area (Å²) >= 11 is 0. The zero-order valence-electron chi connectivity index (χ0n) is 19.0. The van der Waals surface area contributed by atoms with E-state index in [0.717, 1.165) is 29.1 Å². The molecule has 3 aromatic carbocycles. The van der Waals surface area contributed by atoms with Crippen LogP contribution >= 0.6 is 0 Å². The number of nitrogens with zero attached hydrogens (tertiary/aromatic N) is 2. The monoisotopic (exact) mass is 436 g/mol. The van der Waals surface area contributed by atoms with Crippen molar-refractivity contribution < 1.29 is 4.79 Å². The summed E-state index contributed by atoms with van der Waals surface area (Å²) in [6, 6.07) is 25.6. The van der Waals surface area contributed by atoms with Gasteiger partial charge in [-0.1, -0.05) is 61.4 Å².